The van der Waals surface area contributed by atoms with Crippen molar-refractivity contribution in [3.8, 4) is 0 Å². The van der Waals surface area contributed by atoms with E-state index in [0.29, 0.717) is 12.5 Å². The van der Waals surface area contributed by atoms with Crippen molar-refractivity contribution < 1.29 is 4.74 Å². The Hall–Kier alpha value is -1.02. The number of hydrogen-bond acceptors (Lipinski definition) is 3. The van der Waals surface area contributed by atoms with E-state index in [1.54, 1.807) is 0 Å². The molecule has 1 aliphatic carbocycles. The molecule has 0 radical (unpaired) electrons. The van der Waals surface area contributed by atoms with E-state index in [4.69, 9.17) is 10.5 Å². The lowest BCUT2D eigenvalue weighted by Gasteiger charge is -2.28. The monoisotopic (exact) mass is 430 g/mol. The van der Waals surface area contributed by atoms with E-state index in [-0.39, 0.29) is 24.0 Å². The molecule has 23 heavy (non-hydrogen) atoms. The second-order valence-corrected chi connectivity index (χ2v) is 6.15. The molecule has 6 heteroatoms. The summed E-state index contributed by atoms with van der Waals surface area (Å²) >= 11 is 0. The fourth-order valence-electron chi connectivity index (χ4n) is 2.81. The van der Waals surface area contributed by atoms with Gasteiger partial charge in [-0.3, -0.25) is 0 Å². The Balaban J connectivity index is 0.00000192. The summed E-state index contributed by atoms with van der Waals surface area (Å²) in [5.41, 5.74) is 8.35. The molecule has 3 N–H and O–H groups in total. The molecule has 0 amide bonds. The largest absolute Gasteiger partial charge is 0.378 e. The maximum atomic E-state index is 5.91. The van der Waals surface area contributed by atoms with Crippen LogP contribution in [0.1, 0.15) is 24.8 Å². The lowest BCUT2D eigenvalue weighted by Crippen LogP contribution is -2.37. The first-order valence-corrected chi connectivity index (χ1v) is 8.27. The highest BCUT2D eigenvalue weighted by Crippen LogP contribution is 2.25. The highest BCUT2D eigenvalue weighted by Gasteiger charge is 2.16. The average Bonchev–Trinajstić information content (AvgIpc) is 2.53. The van der Waals surface area contributed by atoms with Crippen LogP contribution in [0.4, 0.5) is 5.69 Å². The van der Waals surface area contributed by atoms with E-state index in [0.717, 1.165) is 38.8 Å². The highest BCUT2D eigenvalue weighted by atomic mass is 127. The number of morpholine rings is 1. The molecule has 0 aromatic heterocycles. The molecule has 1 saturated carbocycles. The van der Waals surface area contributed by atoms with Crippen molar-refractivity contribution in [2.45, 2.75) is 25.8 Å². The molecule has 0 bridgehead atoms. The number of nitrogens with one attached hydrogen (secondary N) is 1. The van der Waals surface area contributed by atoms with Crippen LogP contribution in [0, 0.1) is 5.92 Å². The van der Waals surface area contributed by atoms with E-state index < -0.39 is 0 Å². The molecule has 0 atom stereocenters. The predicted octanol–water partition coefficient (Wildman–Crippen LogP) is 2.35. The molecular formula is C17H27IN4O. The molecule has 1 saturated heterocycles. The fraction of sp³-hybridized carbons (Fsp3) is 0.588. The highest BCUT2D eigenvalue weighted by molar-refractivity contribution is 14.0. The number of aliphatic imine (C=N–C) groups is 1. The van der Waals surface area contributed by atoms with Crippen molar-refractivity contribution in [2.75, 3.05) is 37.7 Å². The zero-order valence-corrected chi connectivity index (χ0v) is 15.9. The fourth-order valence-corrected chi connectivity index (χ4v) is 2.81. The van der Waals surface area contributed by atoms with Gasteiger partial charge in [-0.25, -0.2) is 4.99 Å². The summed E-state index contributed by atoms with van der Waals surface area (Å²) in [6, 6.07) is 8.59. The summed E-state index contributed by atoms with van der Waals surface area (Å²) < 4.78 is 5.38. The predicted molar refractivity (Wildman–Crippen MR) is 106 cm³/mol. The number of guanidine groups is 1. The number of anilines is 1. The van der Waals surface area contributed by atoms with Gasteiger partial charge in [0.15, 0.2) is 5.96 Å². The Bertz CT molecular complexity index is 496. The van der Waals surface area contributed by atoms with Crippen LogP contribution < -0.4 is 16.0 Å². The van der Waals surface area contributed by atoms with Crippen LogP contribution in [0.2, 0.25) is 0 Å². The first kappa shape index (κ1) is 18.3. The van der Waals surface area contributed by atoms with Gasteiger partial charge in [-0.15, -0.1) is 24.0 Å². The Morgan fingerprint density at radius 1 is 1.22 bits per heavy atom. The summed E-state index contributed by atoms with van der Waals surface area (Å²) in [5.74, 6) is 1.35. The Labute approximate surface area is 155 Å². The van der Waals surface area contributed by atoms with Gasteiger partial charge in [0.25, 0.3) is 0 Å². The molecule has 2 fully saturated rings. The van der Waals surface area contributed by atoms with Gasteiger partial charge >= 0.3 is 0 Å². The van der Waals surface area contributed by atoms with Crippen LogP contribution in [0.15, 0.2) is 29.3 Å². The molecular weight excluding hydrogens is 403 g/mol. The molecule has 1 aliphatic heterocycles. The topological polar surface area (TPSA) is 62.9 Å². The normalized spacial score (nSPS) is 19.0. The first-order chi connectivity index (χ1) is 10.8. The average molecular weight is 430 g/mol. The third-order valence-electron chi connectivity index (χ3n) is 4.54. The summed E-state index contributed by atoms with van der Waals surface area (Å²) in [6.45, 7) is 5.16. The van der Waals surface area contributed by atoms with Crippen LogP contribution in [0.3, 0.4) is 0 Å². The summed E-state index contributed by atoms with van der Waals surface area (Å²) in [6.07, 6.45) is 4.01. The molecule has 128 valence electrons. The van der Waals surface area contributed by atoms with E-state index in [2.05, 4.69) is 39.5 Å². The maximum absolute atomic E-state index is 5.91. The third-order valence-corrected chi connectivity index (χ3v) is 4.54. The van der Waals surface area contributed by atoms with E-state index in [9.17, 15) is 0 Å². The van der Waals surface area contributed by atoms with Crippen molar-refractivity contribution >= 4 is 35.6 Å². The minimum absolute atomic E-state index is 0. The maximum Gasteiger partial charge on any atom is 0.188 e. The standard InChI is InChI=1S/C17H26N4O.HI/c18-17(19-12-14-2-1-3-14)20-13-15-4-6-16(7-5-15)21-8-10-22-11-9-21;/h4-7,14H,1-3,8-13H2,(H3,18,19,20);1H. The number of nitrogens with zero attached hydrogens (tertiary/aromatic N) is 2. The zero-order chi connectivity index (χ0) is 15.2. The molecule has 1 aromatic carbocycles. The number of halogens is 1. The molecule has 0 unspecified atom stereocenters. The molecule has 3 rings (SSSR count). The number of benzene rings is 1. The summed E-state index contributed by atoms with van der Waals surface area (Å²) in [5, 5.41) is 3.22. The van der Waals surface area contributed by atoms with Crippen LogP contribution in [-0.4, -0.2) is 38.8 Å². The number of hydrogen-bond donors (Lipinski definition) is 2. The molecule has 0 spiro atoms. The van der Waals surface area contributed by atoms with Crippen molar-refractivity contribution in [3.63, 3.8) is 0 Å². The van der Waals surface area contributed by atoms with Crippen LogP contribution in [0.5, 0.6) is 0 Å². The van der Waals surface area contributed by atoms with Gasteiger partial charge in [-0.1, -0.05) is 18.6 Å². The van der Waals surface area contributed by atoms with E-state index in [1.165, 1.54) is 30.5 Å². The first-order valence-electron chi connectivity index (χ1n) is 8.27. The van der Waals surface area contributed by atoms with Gasteiger partial charge in [0.1, 0.15) is 0 Å². The van der Waals surface area contributed by atoms with Crippen molar-refractivity contribution in [3.05, 3.63) is 29.8 Å². The minimum atomic E-state index is 0. The van der Waals surface area contributed by atoms with Crippen LogP contribution in [-0.2, 0) is 11.3 Å². The molecule has 1 aromatic rings. The minimum Gasteiger partial charge on any atom is -0.378 e. The lowest BCUT2D eigenvalue weighted by molar-refractivity contribution is 0.122. The third kappa shape index (κ3) is 5.53. The van der Waals surface area contributed by atoms with Crippen molar-refractivity contribution in [1.29, 1.82) is 0 Å². The Morgan fingerprint density at radius 2 is 1.91 bits per heavy atom. The van der Waals surface area contributed by atoms with Crippen LogP contribution >= 0.6 is 24.0 Å². The van der Waals surface area contributed by atoms with Crippen molar-refractivity contribution in [1.82, 2.24) is 5.32 Å². The van der Waals surface area contributed by atoms with Gasteiger partial charge in [0.2, 0.25) is 0 Å². The van der Waals surface area contributed by atoms with Crippen LogP contribution in [0.25, 0.3) is 0 Å². The van der Waals surface area contributed by atoms with E-state index in [1.807, 2.05) is 0 Å². The quantitative estimate of drug-likeness (QED) is 0.428. The SMILES string of the molecule is I.NC(=NCc1ccc(N2CCOCC2)cc1)NCC1CCC1. The molecule has 2 aliphatic rings. The van der Waals surface area contributed by atoms with E-state index >= 15 is 0 Å². The number of nitrogens with two attached hydrogens (primary N) is 1. The Kier molecular flexibility index (Phi) is 7.42. The summed E-state index contributed by atoms with van der Waals surface area (Å²) in [4.78, 5) is 6.77. The smallest absolute Gasteiger partial charge is 0.188 e. The van der Waals surface area contributed by atoms with Gasteiger partial charge in [-0.05, 0) is 36.5 Å². The lowest BCUT2D eigenvalue weighted by atomic mass is 9.85. The van der Waals surface area contributed by atoms with Crippen molar-refractivity contribution in [2.24, 2.45) is 16.6 Å². The summed E-state index contributed by atoms with van der Waals surface area (Å²) in [7, 11) is 0. The van der Waals surface area contributed by atoms with Gasteiger partial charge in [0.05, 0.1) is 19.8 Å². The molecule has 1 heterocycles. The second-order valence-electron chi connectivity index (χ2n) is 6.15. The van der Waals surface area contributed by atoms with Gasteiger partial charge < -0.3 is 20.7 Å². The number of ether oxygens (including phenoxy) is 1. The molecule has 5 nitrogen and oxygen atoms in total. The van der Waals surface area contributed by atoms with Gasteiger partial charge in [0, 0.05) is 25.3 Å². The Morgan fingerprint density at radius 3 is 2.52 bits per heavy atom. The second kappa shape index (κ2) is 9.32. The zero-order valence-electron chi connectivity index (χ0n) is 13.5. The van der Waals surface area contributed by atoms with Gasteiger partial charge in [-0.2, -0.15) is 0 Å². The number of rotatable bonds is 5.